The molecule has 0 spiro atoms. The van der Waals surface area contributed by atoms with Gasteiger partial charge in [0.15, 0.2) is 0 Å². The minimum atomic E-state index is 0.412. The van der Waals surface area contributed by atoms with Crippen LogP contribution >= 0.6 is 0 Å². The van der Waals surface area contributed by atoms with Crippen molar-refractivity contribution < 1.29 is 9.47 Å². The van der Waals surface area contributed by atoms with Crippen LogP contribution in [0.3, 0.4) is 0 Å². The predicted octanol–water partition coefficient (Wildman–Crippen LogP) is 1.43. The molecule has 106 valence electrons. The lowest BCUT2D eigenvalue weighted by Gasteiger charge is -2.36. The Morgan fingerprint density at radius 1 is 1.16 bits per heavy atom. The normalized spacial score (nSPS) is 18.6. The summed E-state index contributed by atoms with van der Waals surface area (Å²) in [7, 11) is 3.50. The van der Waals surface area contributed by atoms with E-state index in [-0.39, 0.29) is 0 Å². The molecule has 1 N–H and O–H groups in total. The lowest BCUT2D eigenvalue weighted by atomic mass is 9.95. The number of ether oxygens (including phenoxy) is 2. The topological polar surface area (TPSA) is 33.7 Å². The van der Waals surface area contributed by atoms with Crippen molar-refractivity contribution in [1.29, 1.82) is 0 Å². The smallest absolute Gasteiger partial charge is 0.0589 e. The van der Waals surface area contributed by atoms with Crippen LogP contribution in [-0.4, -0.2) is 52.0 Å². The van der Waals surface area contributed by atoms with Gasteiger partial charge in [0, 0.05) is 46.4 Å². The van der Waals surface area contributed by atoms with Crippen molar-refractivity contribution >= 4 is 0 Å². The second-order valence-corrected chi connectivity index (χ2v) is 4.87. The van der Waals surface area contributed by atoms with Gasteiger partial charge >= 0.3 is 0 Å². The van der Waals surface area contributed by atoms with Gasteiger partial charge in [0.05, 0.1) is 13.2 Å². The average Bonchev–Trinajstić information content (AvgIpc) is 2.47. The molecule has 19 heavy (non-hydrogen) atoms. The first-order valence-corrected chi connectivity index (χ1v) is 6.87. The summed E-state index contributed by atoms with van der Waals surface area (Å²) in [5.74, 6) is 0. The van der Waals surface area contributed by atoms with Gasteiger partial charge in [-0.15, -0.1) is 0 Å². The van der Waals surface area contributed by atoms with E-state index in [1.54, 1.807) is 14.2 Å². The molecule has 1 unspecified atom stereocenters. The summed E-state index contributed by atoms with van der Waals surface area (Å²) >= 11 is 0. The maximum atomic E-state index is 5.23. The highest BCUT2D eigenvalue weighted by molar-refractivity contribution is 5.32. The highest BCUT2D eigenvalue weighted by Crippen LogP contribution is 2.26. The number of nitrogens with one attached hydrogen (secondary N) is 1. The van der Waals surface area contributed by atoms with Gasteiger partial charge in [-0.2, -0.15) is 0 Å². The van der Waals surface area contributed by atoms with E-state index in [4.69, 9.17) is 9.47 Å². The molecule has 0 bridgehead atoms. The molecular weight excluding hydrogens is 240 g/mol. The molecule has 1 aliphatic heterocycles. The van der Waals surface area contributed by atoms with Gasteiger partial charge in [0.25, 0.3) is 0 Å². The molecule has 0 saturated carbocycles. The number of hydrogen-bond donors (Lipinski definition) is 1. The summed E-state index contributed by atoms with van der Waals surface area (Å²) in [5.41, 5.74) is 2.84. The molecule has 0 amide bonds. The molecule has 0 fully saturated rings. The zero-order valence-electron chi connectivity index (χ0n) is 11.9. The van der Waals surface area contributed by atoms with E-state index >= 15 is 0 Å². The third-order valence-electron chi connectivity index (χ3n) is 3.67. The van der Waals surface area contributed by atoms with Gasteiger partial charge < -0.3 is 14.8 Å². The number of benzene rings is 1. The summed E-state index contributed by atoms with van der Waals surface area (Å²) in [6, 6.07) is 9.10. The minimum absolute atomic E-state index is 0.412. The third kappa shape index (κ3) is 3.76. The zero-order valence-corrected chi connectivity index (χ0v) is 11.9. The van der Waals surface area contributed by atoms with Crippen LogP contribution in [0.2, 0.25) is 0 Å². The Morgan fingerprint density at radius 3 is 2.53 bits per heavy atom. The SMILES string of the molecule is COCCN(CCOC)C1CNCc2ccccc21. The maximum Gasteiger partial charge on any atom is 0.0589 e. The highest BCUT2D eigenvalue weighted by Gasteiger charge is 2.24. The second kappa shape index (κ2) is 7.60. The second-order valence-electron chi connectivity index (χ2n) is 4.87. The molecule has 1 heterocycles. The quantitative estimate of drug-likeness (QED) is 0.808. The van der Waals surface area contributed by atoms with Gasteiger partial charge in [0.2, 0.25) is 0 Å². The summed E-state index contributed by atoms with van der Waals surface area (Å²) in [6.07, 6.45) is 0. The Hall–Kier alpha value is -0.940. The highest BCUT2D eigenvalue weighted by atomic mass is 16.5. The fourth-order valence-electron chi connectivity index (χ4n) is 2.64. The van der Waals surface area contributed by atoms with Crippen molar-refractivity contribution in [1.82, 2.24) is 10.2 Å². The molecule has 4 heteroatoms. The lowest BCUT2D eigenvalue weighted by Crippen LogP contribution is -2.42. The Labute approximate surface area is 115 Å². The first-order chi connectivity index (χ1) is 9.36. The fraction of sp³-hybridized carbons (Fsp3) is 0.600. The first-order valence-electron chi connectivity index (χ1n) is 6.87. The first kappa shape index (κ1) is 14.5. The van der Waals surface area contributed by atoms with Crippen molar-refractivity contribution in [2.45, 2.75) is 12.6 Å². The van der Waals surface area contributed by atoms with Crippen LogP contribution in [0, 0.1) is 0 Å². The Kier molecular flexibility index (Phi) is 5.79. The lowest BCUT2D eigenvalue weighted by molar-refractivity contribution is 0.0840. The van der Waals surface area contributed by atoms with E-state index in [9.17, 15) is 0 Å². The van der Waals surface area contributed by atoms with Gasteiger partial charge in [-0.05, 0) is 11.1 Å². The maximum absolute atomic E-state index is 5.23. The Bertz CT molecular complexity index is 376. The summed E-state index contributed by atoms with van der Waals surface area (Å²) in [5, 5.41) is 3.50. The monoisotopic (exact) mass is 264 g/mol. The number of methoxy groups -OCH3 is 2. The van der Waals surface area contributed by atoms with Crippen LogP contribution in [-0.2, 0) is 16.0 Å². The van der Waals surface area contributed by atoms with Gasteiger partial charge in [-0.1, -0.05) is 24.3 Å². The Morgan fingerprint density at radius 2 is 1.84 bits per heavy atom. The van der Waals surface area contributed by atoms with E-state index in [1.165, 1.54) is 11.1 Å². The summed E-state index contributed by atoms with van der Waals surface area (Å²) < 4.78 is 10.5. The molecular formula is C15H24N2O2. The van der Waals surface area contributed by atoms with E-state index in [2.05, 4.69) is 34.5 Å². The molecule has 2 rings (SSSR count). The number of hydrogen-bond acceptors (Lipinski definition) is 4. The Balaban J connectivity index is 2.12. The predicted molar refractivity (Wildman–Crippen MR) is 76.2 cm³/mol. The van der Waals surface area contributed by atoms with E-state index < -0.39 is 0 Å². The molecule has 0 aromatic heterocycles. The van der Waals surface area contributed by atoms with Crippen LogP contribution in [0.5, 0.6) is 0 Å². The van der Waals surface area contributed by atoms with E-state index in [1.807, 2.05) is 0 Å². The molecule has 1 atom stereocenters. The molecule has 0 radical (unpaired) electrons. The van der Waals surface area contributed by atoms with Crippen LogP contribution in [0.15, 0.2) is 24.3 Å². The van der Waals surface area contributed by atoms with Gasteiger partial charge in [-0.3, -0.25) is 4.90 Å². The van der Waals surface area contributed by atoms with Crippen molar-refractivity contribution in [3.05, 3.63) is 35.4 Å². The number of nitrogens with zero attached hydrogens (tertiary/aromatic N) is 1. The summed E-state index contributed by atoms with van der Waals surface area (Å²) in [4.78, 5) is 2.44. The largest absolute Gasteiger partial charge is 0.383 e. The van der Waals surface area contributed by atoms with Crippen molar-refractivity contribution in [2.24, 2.45) is 0 Å². The van der Waals surface area contributed by atoms with Crippen molar-refractivity contribution in [3.63, 3.8) is 0 Å². The van der Waals surface area contributed by atoms with Crippen LogP contribution in [0.4, 0.5) is 0 Å². The van der Waals surface area contributed by atoms with E-state index in [0.29, 0.717) is 6.04 Å². The van der Waals surface area contributed by atoms with Gasteiger partial charge in [0.1, 0.15) is 0 Å². The molecule has 1 aliphatic rings. The van der Waals surface area contributed by atoms with Crippen LogP contribution in [0.25, 0.3) is 0 Å². The molecule has 0 aliphatic carbocycles. The molecule has 1 aromatic rings. The third-order valence-corrected chi connectivity index (χ3v) is 3.67. The van der Waals surface area contributed by atoms with Crippen molar-refractivity contribution in [2.75, 3.05) is 47.1 Å². The van der Waals surface area contributed by atoms with E-state index in [0.717, 1.165) is 39.4 Å². The van der Waals surface area contributed by atoms with Crippen molar-refractivity contribution in [3.8, 4) is 0 Å². The number of fused-ring (bicyclic) bond motifs is 1. The molecule has 0 saturated heterocycles. The average molecular weight is 264 g/mol. The van der Waals surface area contributed by atoms with Crippen LogP contribution < -0.4 is 5.32 Å². The minimum Gasteiger partial charge on any atom is -0.383 e. The molecule has 1 aromatic carbocycles. The summed E-state index contributed by atoms with van der Waals surface area (Å²) in [6.45, 7) is 5.32. The fourth-order valence-corrected chi connectivity index (χ4v) is 2.64. The van der Waals surface area contributed by atoms with Gasteiger partial charge in [-0.25, -0.2) is 0 Å². The zero-order chi connectivity index (χ0) is 13.5. The standard InChI is InChI=1S/C15H24N2O2/c1-18-9-7-17(8-10-19-2)15-12-16-11-13-5-3-4-6-14(13)15/h3-6,15-16H,7-12H2,1-2H3. The van der Waals surface area contributed by atoms with Crippen LogP contribution in [0.1, 0.15) is 17.2 Å². The number of rotatable bonds is 7. The molecule has 4 nitrogen and oxygen atoms in total.